The van der Waals surface area contributed by atoms with Gasteiger partial charge in [0.05, 0.1) is 17.3 Å². The number of hydrogen-bond donors (Lipinski definition) is 2. The minimum atomic E-state index is -4.46. The zero-order valence-corrected chi connectivity index (χ0v) is 24.3. The number of carbonyl (C=O) groups excluding carboxylic acids is 1. The molecule has 0 bridgehead atoms. The number of nitrogens with one attached hydrogen (secondary N) is 1. The van der Waals surface area contributed by atoms with E-state index in [1.165, 1.54) is 29.3 Å². The van der Waals surface area contributed by atoms with Crippen LogP contribution in [-0.4, -0.2) is 73.6 Å². The first-order valence-corrected chi connectivity index (χ1v) is 14.7. The van der Waals surface area contributed by atoms with Crippen molar-refractivity contribution in [2.45, 2.75) is 48.3 Å². The Morgan fingerprint density at radius 1 is 1.16 bits per heavy atom. The molecule has 1 aromatic heterocycles. The number of benzene rings is 2. The summed E-state index contributed by atoms with van der Waals surface area (Å²) in [6.45, 7) is -0.634. The monoisotopic (exact) mass is 639 g/mol. The average Bonchev–Trinajstić information content (AvgIpc) is 2.97. The molecule has 2 aromatic carbocycles. The fraction of sp³-hybridized carbons (Fsp3) is 0.357. The number of likely N-dealkylation sites (N-methyl/N-ethyl adjacent to an activating group) is 1. The Labute approximate surface area is 250 Å². The lowest BCUT2D eigenvalue weighted by molar-refractivity contribution is -0.137. The molecular weight excluding hydrogens is 610 g/mol. The molecule has 44 heavy (non-hydrogen) atoms. The molecule has 11 nitrogen and oxygen atoms in total. The molecule has 1 fully saturated rings. The lowest BCUT2D eigenvalue weighted by Gasteiger charge is -2.46. The number of carboxylic acid groups (broad SMARTS) is 1. The minimum absolute atomic E-state index is 0.0200. The molecule has 0 spiro atoms. The van der Waals surface area contributed by atoms with E-state index in [4.69, 9.17) is 14.6 Å². The summed E-state index contributed by atoms with van der Waals surface area (Å²) >= 11 is 0. The number of amides is 1. The van der Waals surface area contributed by atoms with Gasteiger partial charge in [-0.15, -0.1) is 0 Å². The van der Waals surface area contributed by atoms with Crippen molar-refractivity contribution in [3.8, 4) is 5.75 Å². The number of nitrogens with zero attached hydrogens (tertiary/aromatic N) is 4. The number of carbonyl (C=O) groups is 2. The third kappa shape index (κ3) is 7.07. The molecule has 1 aliphatic heterocycles. The summed E-state index contributed by atoms with van der Waals surface area (Å²) in [5, 5.41) is 6.89. The Bertz CT molecular complexity index is 1610. The highest BCUT2D eigenvalue weighted by Gasteiger charge is 2.42. The van der Waals surface area contributed by atoms with Crippen molar-refractivity contribution >= 4 is 33.9 Å². The number of halogens is 4. The summed E-state index contributed by atoms with van der Waals surface area (Å²) in [4.78, 5) is 31.7. The third-order valence-corrected chi connectivity index (χ3v) is 8.83. The van der Waals surface area contributed by atoms with E-state index in [0.29, 0.717) is 24.8 Å². The van der Waals surface area contributed by atoms with Crippen molar-refractivity contribution in [3.05, 3.63) is 71.9 Å². The number of sulfonamides is 1. The van der Waals surface area contributed by atoms with Gasteiger partial charge >= 0.3 is 6.18 Å². The van der Waals surface area contributed by atoms with Crippen LogP contribution >= 0.6 is 0 Å². The van der Waals surface area contributed by atoms with Gasteiger partial charge in [0.2, 0.25) is 0 Å². The van der Waals surface area contributed by atoms with Crippen LogP contribution in [-0.2, 0) is 25.8 Å². The van der Waals surface area contributed by atoms with Crippen molar-refractivity contribution < 1.29 is 45.4 Å². The first-order chi connectivity index (χ1) is 20.8. The fourth-order valence-corrected chi connectivity index (χ4v) is 6.63. The topological polar surface area (TPSA) is 142 Å². The van der Waals surface area contributed by atoms with Crippen molar-refractivity contribution in [3.63, 3.8) is 0 Å². The molecule has 2 N–H and O–H groups in total. The van der Waals surface area contributed by atoms with Crippen LogP contribution in [0.3, 0.4) is 0 Å². The highest BCUT2D eigenvalue weighted by molar-refractivity contribution is 7.92. The maximum Gasteiger partial charge on any atom is 0.416 e. The maximum absolute atomic E-state index is 15.4. The molecule has 236 valence electrons. The molecule has 3 aromatic rings. The Morgan fingerprint density at radius 3 is 2.52 bits per heavy atom. The van der Waals surface area contributed by atoms with E-state index in [2.05, 4.69) is 14.7 Å². The largest absolute Gasteiger partial charge is 0.483 e. The van der Waals surface area contributed by atoms with E-state index >= 15 is 4.39 Å². The normalized spacial score (nSPS) is 20.2. The predicted molar refractivity (Wildman–Crippen MR) is 150 cm³/mol. The van der Waals surface area contributed by atoms with E-state index in [-0.39, 0.29) is 42.3 Å². The molecule has 1 aliphatic carbocycles. The number of aromatic nitrogens is 2. The van der Waals surface area contributed by atoms with Gasteiger partial charge in [-0.1, -0.05) is 18.2 Å². The number of alkyl halides is 3. The summed E-state index contributed by atoms with van der Waals surface area (Å²) in [5.74, 6) is -1.74. The van der Waals surface area contributed by atoms with Gasteiger partial charge in [0.15, 0.2) is 6.61 Å². The number of hydrogen-bond acceptors (Lipinski definition) is 8. The van der Waals surface area contributed by atoms with E-state index in [0.717, 1.165) is 24.5 Å². The molecule has 3 atom stereocenters. The van der Waals surface area contributed by atoms with Crippen LogP contribution in [0.2, 0.25) is 0 Å². The molecule has 0 radical (unpaired) electrons. The van der Waals surface area contributed by atoms with Crippen LogP contribution in [0.5, 0.6) is 5.75 Å². The van der Waals surface area contributed by atoms with Crippen LogP contribution in [0.1, 0.15) is 36.3 Å². The second kappa shape index (κ2) is 13.1. The number of rotatable bonds is 6. The van der Waals surface area contributed by atoms with Gasteiger partial charge in [-0.05, 0) is 57.0 Å². The lowest BCUT2D eigenvalue weighted by Crippen LogP contribution is -2.56. The van der Waals surface area contributed by atoms with Crippen LogP contribution < -0.4 is 14.4 Å². The van der Waals surface area contributed by atoms with Crippen LogP contribution in [0.25, 0.3) is 0 Å². The maximum atomic E-state index is 15.4. The lowest BCUT2D eigenvalue weighted by atomic mass is 9.77. The summed E-state index contributed by atoms with van der Waals surface area (Å²) in [5.41, 5.74) is -0.0590. The molecule has 0 saturated heterocycles. The van der Waals surface area contributed by atoms with E-state index in [9.17, 15) is 26.4 Å². The fourth-order valence-electron chi connectivity index (χ4n) is 5.54. The molecule has 0 unspecified atom stereocenters. The van der Waals surface area contributed by atoms with E-state index in [1.807, 2.05) is 19.0 Å². The second-order valence-corrected chi connectivity index (χ2v) is 12.0. The molecular formula is C28H29F4N5O6S. The Hall–Kier alpha value is -4.31. The van der Waals surface area contributed by atoms with Crippen LogP contribution in [0, 0.1) is 5.82 Å². The van der Waals surface area contributed by atoms with Crippen molar-refractivity contribution in [2.24, 2.45) is 0 Å². The zero-order chi connectivity index (χ0) is 32.2. The Morgan fingerprint density at radius 2 is 1.89 bits per heavy atom. The van der Waals surface area contributed by atoms with Gasteiger partial charge in [-0.2, -0.15) is 13.2 Å². The van der Waals surface area contributed by atoms with E-state index < -0.39 is 44.4 Å². The minimum Gasteiger partial charge on any atom is -0.483 e. The number of anilines is 2. The predicted octanol–water partition coefficient (Wildman–Crippen LogP) is 4.13. The van der Waals surface area contributed by atoms with Gasteiger partial charge < -0.3 is 19.6 Å². The summed E-state index contributed by atoms with van der Waals surface area (Å²) in [6, 6.07) is 7.83. The van der Waals surface area contributed by atoms with Gasteiger partial charge in [0.1, 0.15) is 28.6 Å². The average molecular weight is 640 g/mol. The SMILES string of the molecule is CN(C)[C@H]1C[C@@H](c2cccc(C(F)(F)F)c2)CC[C@@H]1N1C(=O)COc2cc(S(=O)(=O)Nc3ccncn3)c(F)cc21.O=CO. The number of fused-ring (bicyclic) bond motifs is 1. The van der Waals surface area contributed by atoms with Crippen molar-refractivity contribution in [2.75, 3.05) is 30.3 Å². The van der Waals surface area contributed by atoms with Crippen LogP contribution in [0.15, 0.2) is 59.9 Å². The summed E-state index contributed by atoms with van der Waals surface area (Å²) in [6.07, 6.45) is -0.629. The van der Waals surface area contributed by atoms with Gasteiger partial charge in [-0.3, -0.25) is 14.3 Å². The Kier molecular flexibility index (Phi) is 9.73. The van der Waals surface area contributed by atoms with E-state index in [1.54, 1.807) is 6.07 Å². The van der Waals surface area contributed by atoms with Gasteiger partial charge in [0, 0.05) is 24.4 Å². The third-order valence-electron chi connectivity index (χ3n) is 7.46. The summed E-state index contributed by atoms with van der Waals surface area (Å²) < 4.78 is 88.9. The van der Waals surface area contributed by atoms with Crippen LogP contribution in [0.4, 0.5) is 29.1 Å². The van der Waals surface area contributed by atoms with Gasteiger partial charge in [0.25, 0.3) is 22.4 Å². The zero-order valence-electron chi connectivity index (χ0n) is 23.5. The van der Waals surface area contributed by atoms with Crippen molar-refractivity contribution in [1.29, 1.82) is 0 Å². The first kappa shape index (κ1) is 32.6. The molecule has 1 saturated carbocycles. The first-order valence-electron chi connectivity index (χ1n) is 13.3. The second-order valence-electron chi connectivity index (χ2n) is 10.3. The van der Waals surface area contributed by atoms with Crippen molar-refractivity contribution in [1.82, 2.24) is 14.9 Å². The summed E-state index contributed by atoms with van der Waals surface area (Å²) in [7, 11) is -0.771. The Balaban J connectivity index is 0.00000141. The molecule has 2 aliphatic rings. The highest BCUT2D eigenvalue weighted by Crippen LogP contribution is 2.43. The highest BCUT2D eigenvalue weighted by atomic mass is 32.2. The molecule has 16 heteroatoms. The molecule has 5 rings (SSSR count). The van der Waals surface area contributed by atoms with Gasteiger partial charge in [-0.25, -0.2) is 22.8 Å². The molecule has 1 amide bonds. The smallest absolute Gasteiger partial charge is 0.416 e. The number of ether oxygens (including phenoxy) is 1. The molecule has 2 heterocycles. The quantitative estimate of drug-likeness (QED) is 0.301. The standard InChI is InChI=1S/C27H27F4N5O4S.CH2O2/c1-35(2)21-11-17(16-4-3-5-18(10-16)27(29,30)31)6-7-20(21)36-22-12-19(28)24(13-23(22)40-14-26(36)37)41(38,39)34-25-8-9-32-15-33-25;2-1-3/h3-5,8-10,12-13,15,17,20-21H,6-7,11,14H2,1-2H3,(H,32,33,34);1H,(H,2,3)/t17-,20-,21-;/m0./s1.